The maximum absolute atomic E-state index is 3.65. The predicted molar refractivity (Wildman–Crippen MR) is 75.3 cm³/mol. The Hall–Kier alpha value is -0.980. The van der Waals surface area contributed by atoms with Crippen LogP contribution in [0.2, 0.25) is 0 Å². The van der Waals surface area contributed by atoms with Gasteiger partial charge in [-0.1, -0.05) is 39.0 Å². The van der Waals surface area contributed by atoms with Gasteiger partial charge in [0, 0.05) is 11.7 Å². The summed E-state index contributed by atoms with van der Waals surface area (Å²) in [5, 5.41) is 3.65. The van der Waals surface area contributed by atoms with E-state index in [1.54, 1.807) is 0 Å². The Kier molecular flexibility index (Phi) is 3.76. The number of hydrogen-bond donors (Lipinski definition) is 1. The van der Waals surface area contributed by atoms with Gasteiger partial charge >= 0.3 is 0 Å². The molecule has 94 valence electrons. The van der Waals surface area contributed by atoms with Crippen LogP contribution >= 0.6 is 0 Å². The molecular formula is C16H25N. The third-order valence-corrected chi connectivity index (χ3v) is 4.10. The number of para-hydroxylation sites is 1. The lowest BCUT2D eigenvalue weighted by Crippen LogP contribution is -2.31. The van der Waals surface area contributed by atoms with Crippen molar-refractivity contribution in [3.8, 4) is 0 Å². The van der Waals surface area contributed by atoms with Crippen LogP contribution in [0.3, 0.4) is 0 Å². The molecule has 1 aliphatic carbocycles. The molecule has 1 saturated carbocycles. The van der Waals surface area contributed by atoms with E-state index in [1.807, 2.05) is 0 Å². The number of nitrogens with one attached hydrogen (secondary N) is 1. The van der Waals surface area contributed by atoms with E-state index < -0.39 is 0 Å². The van der Waals surface area contributed by atoms with Crippen LogP contribution in [0.15, 0.2) is 30.3 Å². The molecular weight excluding hydrogens is 206 g/mol. The largest absolute Gasteiger partial charge is 0.382 e. The second kappa shape index (κ2) is 5.12. The highest BCUT2D eigenvalue weighted by atomic mass is 14.9. The molecule has 1 heteroatoms. The lowest BCUT2D eigenvalue weighted by Gasteiger charge is -2.37. The molecule has 0 aromatic heterocycles. The average Bonchev–Trinajstić information content (AvgIpc) is 2.30. The van der Waals surface area contributed by atoms with Crippen molar-refractivity contribution in [1.29, 1.82) is 0 Å². The molecule has 0 aliphatic heterocycles. The lowest BCUT2D eigenvalue weighted by molar-refractivity contribution is 0.173. The first-order valence-electron chi connectivity index (χ1n) is 6.87. The first-order chi connectivity index (χ1) is 8.05. The number of rotatable bonds is 2. The minimum Gasteiger partial charge on any atom is -0.382 e. The Labute approximate surface area is 106 Å². The van der Waals surface area contributed by atoms with Gasteiger partial charge in [0.15, 0.2) is 0 Å². The Morgan fingerprint density at radius 2 is 1.53 bits per heavy atom. The van der Waals surface area contributed by atoms with Crippen molar-refractivity contribution in [2.75, 3.05) is 5.32 Å². The quantitative estimate of drug-likeness (QED) is 0.777. The summed E-state index contributed by atoms with van der Waals surface area (Å²) >= 11 is 0. The molecule has 17 heavy (non-hydrogen) atoms. The van der Waals surface area contributed by atoms with E-state index in [-0.39, 0.29) is 0 Å². The predicted octanol–water partition coefficient (Wildman–Crippen LogP) is 4.70. The van der Waals surface area contributed by atoms with Gasteiger partial charge in [0.25, 0.3) is 0 Å². The van der Waals surface area contributed by atoms with Crippen molar-refractivity contribution in [2.24, 2.45) is 11.3 Å². The zero-order chi connectivity index (χ0) is 12.3. The maximum Gasteiger partial charge on any atom is 0.0342 e. The Bertz CT molecular complexity index is 328. The third kappa shape index (κ3) is 3.49. The fourth-order valence-electron chi connectivity index (χ4n) is 2.87. The maximum atomic E-state index is 3.65. The number of anilines is 1. The average molecular weight is 231 g/mol. The Morgan fingerprint density at radius 1 is 0.941 bits per heavy atom. The van der Waals surface area contributed by atoms with Gasteiger partial charge in [-0.05, 0) is 49.1 Å². The molecule has 1 aromatic rings. The first kappa shape index (κ1) is 12.5. The van der Waals surface area contributed by atoms with Crippen LogP contribution in [0.25, 0.3) is 0 Å². The van der Waals surface area contributed by atoms with Crippen LogP contribution in [0, 0.1) is 11.3 Å². The van der Waals surface area contributed by atoms with Gasteiger partial charge in [-0.2, -0.15) is 0 Å². The molecule has 0 atom stereocenters. The van der Waals surface area contributed by atoms with Crippen LogP contribution < -0.4 is 5.32 Å². The first-order valence-corrected chi connectivity index (χ1v) is 6.87. The highest BCUT2D eigenvalue weighted by Crippen LogP contribution is 2.38. The van der Waals surface area contributed by atoms with E-state index in [0.717, 1.165) is 5.92 Å². The molecule has 0 amide bonds. The third-order valence-electron chi connectivity index (χ3n) is 4.10. The van der Waals surface area contributed by atoms with E-state index in [0.29, 0.717) is 11.5 Å². The molecule has 1 N–H and O–H groups in total. The summed E-state index contributed by atoms with van der Waals surface area (Å²) in [5.74, 6) is 0.899. The van der Waals surface area contributed by atoms with Crippen LogP contribution in [-0.4, -0.2) is 6.04 Å². The Morgan fingerprint density at radius 3 is 2.06 bits per heavy atom. The zero-order valence-corrected chi connectivity index (χ0v) is 11.4. The minimum absolute atomic E-state index is 0.484. The Balaban J connectivity index is 1.84. The van der Waals surface area contributed by atoms with Crippen molar-refractivity contribution < 1.29 is 0 Å². The fraction of sp³-hybridized carbons (Fsp3) is 0.625. The van der Waals surface area contributed by atoms with Gasteiger partial charge in [0.05, 0.1) is 0 Å². The molecule has 0 unspecified atom stereocenters. The van der Waals surface area contributed by atoms with Gasteiger partial charge in [-0.15, -0.1) is 0 Å². The number of benzene rings is 1. The molecule has 1 aromatic carbocycles. The van der Waals surface area contributed by atoms with Crippen molar-refractivity contribution in [3.63, 3.8) is 0 Å². The van der Waals surface area contributed by atoms with Gasteiger partial charge in [-0.3, -0.25) is 0 Å². The monoisotopic (exact) mass is 231 g/mol. The van der Waals surface area contributed by atoms with Crippen molar-refractivity contribution in [1.82, 2.24) is 0 Å². The lowest BCUT2D eigenvalue weighted by atomic mass is 9.71. The van der Waals surface area contributed by atoms with E-state index >= 15 is 0 Å². The summed E-state index contributed by atoms with van der Waals surface area (Å²) in [4.78, 5) is 0. The molecule has 2 rings (SSSR count). The second-order valence-corrected chi connectivity index (χ2v) is 6.42. The van der Waals surface area contributed by atoms with Gasteiger partial charge in [0.1, 0.15) is 0 Å². The molecule has 1 fully saturated rings. The summed E-state index contributed by atoms with van der Waals surface area (Å²) in [6.45, 7) is 7.13. The van der Waals surface area contributed by atoms with Crippen molar-refractivity contribution in [2.45, 2.75) is 52.5 Å². The minimum atomic E-state index is 0.484. The summed E-state index contributed by atoms with van der Waals surface area (Å²) in [6, 6.07) is 11.3. The molecule has 1 nitrogen and oxygen atoms in total. The molecule has 1 aliphatic rings. The molecule has 0 heterocycles. The topological polar surface area (TPSA) is 12.0 Å². The highest BCUT2D eigenvalue weighted by molar-refractivity contribution is 5.43. The second-order valence-electron chi connectivity index (χ2n) is 6.42. The van der Waals surface area contributed by atoms with Crippen molar-refractivity contribution in [3.05, 3.63) is 30.3 Å². The van der Waals surface area contributed by atoms with Gasteiger partial charge < -0.3 is 5.32 Å². The summed E-state index contributed by atoms with van der Waals surface area (Å²) in [7, 11) is 0. The van der Waals surface area contributed by atoms with E-state index in [1.165, 1.54) is 31.4 Å². The van der Waals surface area contributed by atoms with Gasteiger partial charge in [-0.25, -0.2) is 0 Å². The SMILES string of the molecule is CC(C)(C)C1CCC(Nc2ccccc2)CC1. The molecule has 0 saturated heterocycles. The molecule has 0 radical (unpaired) electrons. The van der Waals surface area contributed by atoms with E-state index in [2.05, 4.69) is 56.4 Å². The van der Waals surface area contributed by atoms with Crippen LogP contribution in [-0.2, 0) is 0 Å². The summed E-state index contributed by atoms with van der Waals surface area (Å²) in [5.41, 5.74) is 1.75. The standard InChI is InChI=1S/C16H25N/c1-16(2,3)13-9-11-15(12-10-13)17-14-7-5-4-6-8-14/h4-8,13,15,17H,9-12H2,1-3H3. The smallest absolute Gasteiger partial charge is 0.0342 e. The summed E-state index contributed by atoms with van der Waals surface area (Å²) in [6.07, 6.45) is 5.37. The molecule has 0 spiro atoms. The van der Waals surface area contributed by atoms with Crippen LogP contribution in [0.4, 0.5) is 5.69 Å². The van der Waals surface area contributed by atoms with Crippen LogP contribution in [0.5, 0.6) is 0 Å². The van der Waals surface area contributed by atoms with Crippen LogP contribution in [0.1, 0.15) is 46.5 Å². The fourth-order valence-corrected chi connectivity index (χ4v) is 2.87. The normalized spacial score (nSPS) is 25.6. The van der Waals surface area contributed by atoms with E-state index in [9.17, 15) is 0 Å². The molecule has 0 bridgehead atoms. The zero-order valence-electron chi connectivity index (χ0n) is 11.4. The highest BCUT2D eigenvalue weighted by Gasteiger charge is 2.29. The van der Waals surface area contributed by atoms with Crippen molar-refractivity contribution >= 4 is 5.69 Å². The van der Waals surface area contributed by atoms with Gasteiger partial charge in [0.2, 0.25) is 0 Å². The number of hydrogen-bond acceptors (Lipinski definition) is 1. The van der Waals surface area contributed by atoms with E-state index in [4.69, 9.17) is 0 Å². The summed E-state index contributed by atoms with van der Waals surface area (Å²) < 4.78 is 0.